The first kappa shape index (κ1) is 35.7. The van der Waals surface area contributed by atoms with Crippen molar-refractivity contribution in [3.8, 4) is 67.0 Å². The van der Waals surface area contributed by atoms with E-state index in [1.165, 1.54) is 99.2 Å². The summed E-state index contributed by atoms with van der Waals surface area (Å²) in [6, 6.07) is 88.4. The van der Waals surface area contributed by atoms with Crippen LogP contribution in [0.3, 0.4) is 0 Å². The minimum absolute atomic E-state index is 1.14. The molecule has 62 heavy (non-hydrogen) atoms. The lowest BCUT2D eigenvalue weighted by atomic mass is 9.97. The second-order valence-electron chi connectivity index (χ2n) is 16.1. The van der Waals surface area contributed by atoms with Gasteiger partial charge in [0.15, 0.2) is 0 Å². The van der Waals surface area contributed by atoms with E-state index < -0.39 is 0 Å². The van der Waals surface area contributed by atoms with Gasteiger partial charge < -0.3 is 9.13 Å². The van der Waals surface area contributed by atoms with Crippen molar-refractivity contribution in [2.75, 3.05) is 0 Å². The van der Waals surface area contributed by atoms with Gasteiger partial charge in [0, 0.05) is 32.9 Å². The van der Waals surface area contributed by atoms with Crippen molar-refractivity contribution in [3.05, 3.63) is 243 Å². The van der Waals surface area contributed by atoms with Gasteiger partial charge in [-0.25, -0.2) is 0 Å². The summed E-state index contributed by atoms with van der Waals surface area (Å²) in [6.45, 7) is 0. The molecule has 0 aliphatic rings. The fourth-order valence-corrected chi connectivity index (χ4v) is 9.59. The number of benzene rings is 10. The van der Waals surface area contributed by atoms with Crippen molar-refractivity contribution in [1.29, 1.82) is 0 Å². The average molecular weight is 789 g/mol. The maximum atomic E-state index is 2.44. The first-order valence-corrected chi connectivity index (χ1v) is 21.3. The van der Waals surface area contributed by atoms with Crippen LogP contribution in [-0.4, -0.2) is 9.13 Å². The zero-order valence-corrected chi connectivity index (χ0v) is 34.0. The second kappa shape index (κ2) is 14.8. The van der Waals surface area contributed by atoms with Crippen molar-refractivity contribution in [1.82, 2.24) is 9.13 Å². The van der Waals surface area contributed by atoms with Crippen LogP contribution in [-0.2, 0) is 0 Å². The van der Waals surface area contributed by atoms with E-state index in [0.29, 0.717) is 0 Å². The minimum atomic E-state index is 1.14. The van der Waals surface area contributed by atoms with Crippen LogP contribution in [0.5, 0.6) is 0 Å². The molecule has 0 bridgehead atoms. The van der Waals surface area contributed by atoms with Crippen LogP contribution in [0.2, 0.25) is 0 Å². The molecule has 290 valence electrons. The van der Waals surface area contributed by atoms with Gasteiger partial charge in [-0.15, -0.1) is 0 Å². The highest BCUT2D eigenvalue weighted by molar-refractivity contribution is 6.17. The van der Waals surface area contributed by atoms with E-state index in [2.05, 4.69) is 252 Å². The monoisotopic (exact) mass is 788 g/mol. The summed E-state index contributed by atoms with van der Waals surface area (Å²) in [7, 11) is 0. The van der Waals surface area contributed by atoms with E-state index in [1.807, 2.05) is 0 Å². The molecule has 0 amide bonds. The Morgan fingerprint density at radius 3 is 1.26 bits per heavy atom. The molecule has 0 fully saturated rings. The Kier molecular flexibility index (Phi) is 8.53. The standard InChI is InChI=1S/C60H40N2/c1-5-16-41(17-6-1)44-28-32-50(33-29-44)61-58-35-31-47(40-55(58)60-52(25-15-27-59(60)61)45-22-11-4-12-23-45)46-30-34-57-54(39-46)53-24-13-14-26-56(53)62(57)51-37-48(42-18-7-2-8-19-42)36-49(38-51)43-20-9-3-10-21-43/h1-40H. The van der Waals surface area contributed by atoms with E-state index in [1.54, 1.807) is 0 Å². The molecule has 0 aliphatic carbocycles. The summed E-state index contributed by atoms with van der Waals surface area (Å²) < 4.78 is 4.87. The van der Waals surface area contributed by atoms with E-state index in [9.17, 15) is 0 Å². The van der Waals surface area contributed by atoms with Crippen LogP contribution in [0.15, 0.2) is 243 Å². The van der Waals surface area contributed by atoms with Crippen LogP contribution < -0.4 is 0 Å². The van der Waals surface area contributed by atoms with Gasteiger partial charge in [-0.05, 0) is 122 Å². The van der Waals surface area contributed by atoms with E-state index in [-0.39, 0.29) is 0 Å². The Morgan fingerprint density at radius 1 is 0.210 bits per heavy atom. The Hall–Kier alpha value is -8.20. The normalized spacial score (nSPS) is 11.5. The molecule has 0 spiro atoms. The van der Waals surface area contributed by atoms with Gasteiger partial charge in [-0.3, -0.25) is 0 Å². The predicted molar refractivity (Wildman–Crippen MR) is 262 cm³/mol. The summed E-state index contributed by atoms with van der Waals surface area (Å²) in [4.78, 5) is 0. The number of nitrogens with zero attached hydrogens (tertiary/aromatic N) is 2. The highest BCUT2D eigenvalue weighted by atomic mass is 15.0. The van der Waals surface area contributed by atoms with Gasteiger partial charge in [-0.2, -0.15) is 0 Å². The van der Waals surface area contributed by atoms with Gasteiger partial charge >= 0.3 is 0 Å². The first-order valence-electron chi connectivity index (χ1n) is 21.3. The zero-order valence-electron chi connectivity index (χ0n) is 34.0. The molecule has 10 aromatic carbocycles. The number of hydrogen-bond donors (Lipinski definition) is 0. The third-order valence-electron chi connectivity index (χ3n) is 12.5. The Labute approximate surface area is 360 Å². The summed E-state index contributed by atoms with van der Waals surface area (Å²) in [5.74, 6) is 0. The number of hydrogen-bond acceptors (Lipinski definition) is 0. The van der Waals surface area contributed by atoms with Crippen molar-refractivity contribution in [2.45, 2.75) is 0 Å². The van der Waals surface area contributed by atoms with E-state index in [0.717, 1.165) is 11.4 Å². The van der Waals surface area contributed by atoms with E-state index in [4.69, 9.17) is 0 Å². The first-order chi connectivity index (χ1) is 30.7. The molecule has 2 aromatic heterocycles. The summed E-state index contributed by atoms with van der Waals surface area (Å²) in [5.41, 5.74) is 19.1. The van der Waals surface area contributed by atoms with Crippen molar-refractivity contribution < 1.29 is 0 Å². The molecule has 0 aliphatic heterocycles. The molecule has 0 atom stereocenters. The summed E-state index contributed by atoms with van der Waals surface area (Å²) >= 11 is 0. The number of aromatic nitrogens is 2. The SMILES string of the molecule is c1ccc(-c2ccc(-n3c4ccc(-c5ccc6c(c5)c5ccccc5n6-c5cc(-c6ccccc6)cc(-c6ccccc6)c5)cc4c4c(-c5ccccc5)cccc43)cc2)cc1. The Morgan fingerprint density at radius 2 is 0.645 bits per heavy atom. The van der Waals surface area contributed by atoms with Gasteiger partial charge in [0.2, 0.25) is 0 Å². The van der Waals surface area contributed by atoms with Gasteiger partial charge in [0.25, 0.3) is 0 Å². The third kappa shape index (κ3) is 6.04. The molecule has 0 N–H and O–H groups in total. The highest BCUT2D eigenvalue weighted by Crippen LogP contribution is 2.42. The van der Waals surface area contributed by atoms with Crippen LogP contribution in [0.25, 0.3) is 111 Å². The third-order valence-corrected chi connectivity index (χ3v) is 12.5. The molecule has 0 saturated carbocycles. The largest absolute Gasteiger partial charge is 0.309 e. The zero-order chi connectivity index (χ0) is 41.0. The predicted octanol–water partition coefficient (Wildman–Crippen LogP) is 16.2. The summed E-state index contributed by atoms with van der Waals surface area (Å²) in [5, 5.41) is 4.96. The fourth-order valence-electron chi connectivity index (χ4n) is 9.59. The van der Waals surface area contributed by atoms with Crippen LogP contribution in [0.4, 0.5) is 0 Å². The van der Waals surface area contributed by atoms with Crippen molar-refractivity contribution in [2.24, 2.45) is 0 Å². The highest BCUT2D eigenvalue weighted by Gasteiger charge is 2.19. The van der Waals surface area contributed by atoms with Crippen molar-refractivity contribution in [3.63, 3.8) is 0 Å². The molecule has 12 rings (SSSR count). The number of rotatable bonds is 7. The molecule has 0 unspecified atom stereocenters. The van der Waals surface area contributed by atoms with Crippen LogP contribution in [0, 0.1) is 0 Å². The lowest BCUT2D eigenvalue weighted by Crippen LogP contribution is -1.96. The molecule has 2 heteroatoms. The molecule has 0 saturated heterocycles. The molecular weight excluding hydrogens is 749 g/mol. The lowest BCUT2D eigenvalue weighted by Gasteiger charge is -2.14. The molecule has 0 radical (unpaired) electrons. The van der Waals surface area contributed by atoms with Gasteiger partial charge in [-0.1, -0.05) is 176 Å². The maximum absolute atomic E-state index is 2.44. The summed E-state index contributed by atoms with van der Waals surface area (Å²) in [6.07, 6.45) is 0. The fraction of sp³-hybridized carbons (Fsp3) is 0. The molecule has 2 heterocycles. The minimum Gasteiger partial charge on any atom is -0.309 e. The topological polar surface area (TPSA) is 9.86 Å². The van der Waals surface area contributed by atoms with E-state index >= 15 is 0 Å². The average Bonchev–Trinajstić information content (AvgIpc) is 3.87. The Balaban J connectivity index is 1.04. The smallest absolute Gasteiger partial charge is 0.0547 e. The number of para-hydroxylation sites is 1. The van der Waals surface area contributed by atoms with Crippen LogP contribution in [0.1, 0.15) is 0 Å². The van der Waals surface area contributed by atoms with Crippen LogP contribution >= 0.6 is 0 Å². The quantitative estimate of drug-likeness (QED) is 0.152. The molecular formula is C60H40N2. The lowest BCUT2D eigenvalue weighted by molar-refractivity contribution is 1.18. The molecule has 2 nitrogen and oxygen atoms in total. The van der Waals surface area contributed by atoms with Gasteiger partial charge in [0.05, 0.1) is 22.1 Å². The van der Waals surface area contributed by atoms with Crippen molar-refractivity contribution >= 4 is 43.6 Å². The van der Waals surface area contributed by atoms with Gasteiger partial charge in [0.1, 0.15) is 0 Å². The maximum Gasteiger partial charge on any atom is 0.0547 e. The molecule has 12 aromatic rings. The number of fused-ring (bicyclic) bond motifs is 6. The Bertz CT molecular complexity index is 3520. The second-order valence-corrected chi connectivity index (χ2v) is 16.1.